The predicted molar refractivity (Wildman–Crippen MR) is 63.2 cm³/mol. The third-order valence-corrected chi connectivity index (χ3v) is 2.27. The molecule has 0 aromatic heterocycles. The quantitative estimate of drug-likeness (QED) is 0.731. The van der Waals surface area contributed by atoms with E-state index < -0.39 is 0 Å². The number of benzene rings is 1. The molecule has 3 heteroatoms. The van der Waals surface area contributed by atoms with Gasteiger partial charge in [0.25, 0.3) is 0 Å². The van der Waals surface area contributed by atoms with Crippen molar-refractivity contribution in [3.63, 3.8) is 0 Å². The van der Waals surface area contributed by atoms with E-state index in [2.05, 4.69) is 4.74 Å². The molecule has 1 rings (SSSR count). The third-order valence-electron chi connectivity index (χ3n) is 2.27. The minimum Gasteiger partial charge on any atom is -0.497 e. The van der Waals surface area contributed by atoms with Crippen LogP contribution in [0.1, 0.15) is 12.5 Å². The zero-order chi connectivity index (χ0) is 12.0. The molecule has 3 nitrogen and oxygen atoms in total. The second-order valence-corrected chi connectivity index (χ2v) is 3.44. The predicted octanol–water partition coefficient (Wildman–Crippen LogP) is 2.52. The summed E-state index contributed by atoms with van der Waals surface area (Å²) in [5, 5.41) is 0. The molecule has 1 aromatic carbocycles. The van der Waals surface area contributed by atoms with Crippen LogP contribution in [0.5, 0.6) is 5.75 Å². The molecule has 0 amide bonds. The van der Waals surface area contributed by atoms with Gasteiger partial charge in [-0.25, -0.2) is 0 Å². The Morgan fingerprint density at radius 3 is 2.38 bits per heavy atom. The van der Waals surface area contributed by atoms with E-state index >= 15 is 0 Å². The molecular weight excluding hydrogens is 204 g/mol. The minimum absolute atomic E-state index is 0.230. The van der Waals surface area contributed by atoms with Crippen LogP contribution in [0.25, 0.3) is 6.08 Å². The van der Waals surface area contributed by atoms with Crippen molar-refractivity contribution in [2.45, 2.75) is 6.92 Å². The van der Waals surface area contributed by atoms with E-state index in [0.717, 1.165) is 11.3 Å². The highest BCUT2D eigenvalue weighted by atomic mass is 16.5. The summed E-state index contributed by atoms with van der Waals surface area (Å²) in [6, 6.07) is 7.61. The molecule has 0 bridgehead atoms. The minimum atomic E-state index is -0.232. The molecule has 0 aliphatic carbocycles. The van der Waals surface area contributed by atoms with Crippen LogP contribution in [-0.4, -0.2) is 20.2 Å². The maximum Gasteiger partial charge on any atom is 0.312 e. The number of hydrogen-bond acceptors (Lipinski definition) is 3. The lowest BCUT2D eigenvalue weighted by Gasteiger charge is -2.03. The summed E-state index contributed by atoms with van der Waals surface area (Å²) in [5.41, 5.74) is 1.02. The van der Waals surface area contributed by atoms with E-state index in [4.69, 9.17) is 4.74 Å². The van der Waals surface area contributed by atoms with Crippen LogP contribution in [0.15, 0.2) is 30.3 Å². The SMILES string of the molecule is COC(=O)[C@@H](C)/C=C/c1ccc(OC)cc1. The van der Waals surface area contributed by atoms with Crippen molar-refractivity contribution in [1.29, 1.82) is 0 Å². The number of rotatable bonds is 4. The Morgan fingerprint density at radius 2 is 1.88 bits per heavy atom. The van der Waals surface area contributed by atoms with Gasteiger partial charge in [-0.1, -0.05) is 24.3 Å². The molecule has 0 radical (unpaired) electrons. The first-order valence-corrected chi connectivity index (χ1v) is 5.07. The van der Waals surface area contributed by atoms with E-state index in [1.165, 1.54) is 7.11 Å². The Hall–Kier alpha value is -1.77. The number of carbonyl (C=O) groups is 1. The van der Waals surface area contributed by atoms with E-state index in [1.807, 2.05) is 36.4 Å². The zero-order valence-corrected chi connectivity index (χ0v) is 9.77. The van der Waals surface area contributed by atoms with Crippen molar-refractivity contribution in [3.05, 3.63) is 35.9 Å². The molecule has 16 heavy (non-hydrogen) atoms. The number of esters is 1. The first-order chi connectivity index (χ1) is 7.67. The molecular formula is C13H16O3. The molecule has 1 atom stereocenters. The van der Waals surface area contributed by atoms with Gasteiger partial charge in [0.05, 0.1) is 20.1 Å². The molecule has 0 aliphatic rings. The second-order valence-electron chi connectivity index (χ2n) is 3.44. The van der Waals surface area contributed by atoms with Gasteiger partial charge in [0.2, 0.25) is 0 Å². The number of ether oxygens (including phenoxy) is 2. The molecule has 0 saturated heterocycles. The molecule has 0 saturated carbocycles. The lowest BCUT2D eigenvalue weighted by atomic mass is 10.1. The first-order valence-electron chi connectivity index (χ1n) is 5.07. The van der Waals surface area contributed by atoms with Crippen molar-refractivity contribution in [2.24, 2.45) is 5.92 Å². The summed E-state index contributed by atoms with van der Waals surface area (Å²) in [5.74, 6) is 0.357. The molecule has 0 spiro atoms. The van der Waals surface area contributed by atoms with Crippen molar-refractivity contribution in [3.8, 4) is 5.75 Å². The fourth-order valence-corrected chi connectivity index (χ4v) is 1.23. The van der Waals surface area contributed by atoms with Crippen molar-refractivity contribution >= 4 is 12.0 Å². The molecule has 0 heterocycles. The molecule has 0 fully saturated rings. The van der Waals surface area contributed by atoms with Crippen LogP contribution in [0.2, 0.25) is 0 Å². The topological polar surface area (TPSA) is 35.5 Å². The van der Waals surface area contributed by atoms with Gasteiger partial charge in [-0.3, -0.25) is 4.79 Å². The molecule has 1 aromatic rings. The highest BCUT2D eigenvalue weighted by Crippen LogP contribution is 2.13. The fourth-order valence-electron chi connectivity index (χ4n) is 1.23. The standard InChI is InChI=1S/C13H16O3/c1-10(13(14)16-3)4-5-11-6-8-12(15-2)9-7-11/h4-10H,1-3H3/b5-4+/t10-/m0/s1. The Labute approximate surface area is 95.7 Å². The van der Waals surface area contributed by atoms with Gasteiger partial charge in [0.1, 0.15) is 5.75 Å². The zero-order valence-electron chi connectivity index (χ0n) is 9.77. The van der Waals surface area contributed by atoms with Crippen LogP contribution in [0, 0.1) is 5.92 Å². The Morgan fingerprint density at radius 1 is 1.25 bits per heavy atom. The lowest BCUT2D eigenvalue weighted by Crippen LogP contribution is -2.09. The van der Waals surface area contributed by atoms with Crippen LogP contribution in [-0.2, 0) is 9.53 Å². The van der Waals surface area contributed by atoms with Crippen molar-refractivity contribution in [2.75, 3.05) is 14.2 Å². The molecule has 86 valence electrons. The third kappa shape index (κ3) is 3.42. The van der Waals surface area contributed by atoms with Crippen LogP contribution < -0.4 is 4.74 Å². The molecule has 0 N–H and O–H groups in total. The number of methoxy groups -OCH3 is 2. The van der Waals surface area contributed by atoms with E-state index in [1.54, 1.807) is 14.0 Å². The average Bonchev–Trinajstić information content (AvgIpc) is 2.35. The van der Waals surface area contributed by atoms with Gasteiger partial charge in [0, 0.05) is 0 Å². The summed E-state index contributed by atoms with van der Waals surface area (Å²) in [6.07, 6.45) is 3.70. The summed E-state index contributed by atoms with van der Waals surface area (Å²) in [7, 11) is 3.02. The Bertz CT molecular complexity index is 365. The van der Waals surface area contributed by atoms with Gasteiger partial charge >= 0.3 is 5.97 Å². The van der Waals surface area contributed by atoms with Gasteiger partial charge in [-0.2, -0.15) is 0 Å². The Kier molecular flexibility index (Phi) is 4.58. The second kappa shape index (κ2) is 5.95. The van der Waals surface area contributed by atoms with Crippen LogP contribution in [0.4, 0.5) is 0 Å². The van der Waals surface area contributed by atoms with Gasteiger partial charge in [0.15, 0.2) is 0 Å². The highest BCUT2D eigenvalue weighted by Gasteiger charge is 2.07. The smallest absolute Gasteiger partial charge is 0.312 e. The molecule has 0 aliphatic heterocycles. The molecule has 0 unspecified atom stereocenters. The van der Waals surface area contributed by atoms with Gasteiger partial charge in [-0.05, 0) is 24.6 Å². The summed E-state index contributed by atoms with van der Waals surface area (Å²) in [4.78, 5) is 11.1. The van der Waals surface area contributed by atoms with Crippen molar-refractivity contribution < 1.29 is 14.3 Å². The number of carbonyl (C=O) groups excluding carboxylic acids is 1. The number of hydrogen-bond donors (Lipinski definition) is 0. The first kappa shape index (κ1) is 12.3. The summed E-state index contributed by atoms with van der Waals surface area (Å²) < 4.78 is 9.68. The Balaban J connectivity index is 2.65. The van der Waals surface area contributed by atoms with Gasteiger partial charge < -0.3 is 9.47 Å². The lowest BCUT2D eigenvalue weighted by molar-refractivity contribution is -0.143. The maximum absolute atomic E-state index is 11.1. The average molecular weight is 220 g/mol. The van der Waals surface area contributed by atoms with Crippen LogP contribution >= 0.6 is 0 Å². The normalized spacial score (nSPS) is 12.4. The highest BCUT2D eigenvalue weighted by molar-refractivity contribution is 5.75. The van der Waals surface area contributed by atoms with Crippen molar-refractivity contribution in [1.82, 2.24) is 0 Å². The van der Waals surface area contributed by atoms with E-state index in [9.17, 15) is 4.79 Å². The fraction of sp³-hybridized carbons (Fsp3) is 0.308. The van der Waals surface area contributed by atoms with Gasteiger partial charge in [-0.15, -0.1) is 0 Å². The largest absolute Gasteiger partial charge is 0.497 e. The van der Waals surface area contributed by atoms with E-state index in [0.29, 0.717) is 0 Å². The summed E-state index contributed by atoms with van der Waals surface area (Å²) >= 11 is 0. The monoisotopic (exact) mass is 220 g/mol. The maximum atomic E-state index is 11.1. The van der Waals surface area contributed by atoms with E-state index in [-0.39, 0.29) is 11.9 Å². The van der Waals surface area contributed by atoms with Crippen LogP contribution in [0.3, 0.4) is 0 Å². The summed E-state index contributed by atoms with van der Waals surface area (Å²) in [6.45, 7) is 1.80.